The Hall–Kier alpha value is -0.600. The van der Waals surface area contributed by atoms with Crippen LogP contribution >= 0.6 is 12.4 Å². The first-order chi connectivity index (χ1) is 10.9. The van der Waals surface area contributed by atoms with Gasteiger partial charge in [0.05, 0.1) is 0 Å². The van der Waals surface area contributed by atoms with Gasteiger partial charge in [0, 0.05) is 18.6 Å². The number of aromatic nitrogens is 1. The number of rotatable bonds is 15. The zero-order valence-corrected chi connectivity index (χ0v) is 16.7. The molecule has 0 aromatic carbocycles. The number of hydrogen-bond acceptors (Lipinski definition) is 0. The van der Waals surface area contributed by atoms with Gasteiger partial charge in [0.1, 0.15) is 6.54 Å². The molecule has 1 aromatic heterocycles. The fourth-order valence-corrected chi connectivity index (χ4v) is 3.07. The van der Waals surface area contributed by atoms with Crippen molar-refractivity contribution in [3.8, 4) is 0 Å². The lowest BCUT2D eigenvalue weighted by atomic mass is 10.0. The lowest BCUT2D eigenvalue weighted by molar-refractivity contribution is -0.697. The van der Waals surface area contributed by atoms with E-state index < -0.39 is 0 Å². The predicted octanol–water partition coefficient (Wildman–Crippen LogP) is 6.05. The molecule has 1 heterocycles. The van der Waals surface area contributed by atoms with Gasteiger partial charge in [-0.05, 0) is 6.42 Å². The number of halogens is 1. The fraction of sp³-hybridized carbons (Fsp3) is 0.762. The van der Waals surface area contributed by atoms with Crippen molar-refractivity contribution in [2.24, 2.45) is 0 Å². The van der Waals surface area contributed by atoms with Crippen LogP contribution in [0.5, 0.6) is 0 Å². The van der Waals surface area contributed by atoms with Gasteiger partial charge in [-0.25, -0.2) is 4.57 Å². The summed E-state index contributed by atoms with van der Waals surface area (Å²) in [5.74, 6) is 0. The minimum absolute atomic E-state index is 0. The van der Waals surface area contributed by atoms with Gasteiger partial charge >= 0.3 is 0 Å². The molecule has 3 heteroatoms. The standard InChI is InChI=1S/C21H38N.ClH.H2O/c1-2-3-4-5-6-7-8-9-10-11-12-13-14-16-19-22-20-17-15-18-21-22;;/h15,17-18,20-21H,2-14,16,19H2,1H3;1H;1H2/q+1;;. The van der Waals surface area contributed by atoms with E-state index in [1.54, 1.807) is 0 Å². The van der Waals surface area contributed by atoms with E-state index >= 15 is 0 Å². The Balaban J connectivity index is 0. The molecule has 2 N–H and O–H groups in total. The molecule has 0 saturated heterocycles. The number of pyridine rings is 1. The summed E-state index contributed by atoms with van der Waals surface area (Å²) in [6.07, 6.45) is 24.4. The first-order valence-electron chi connectivity index (χ1n) is 9.87. The molecule has 0 unspecified atom stereocenters. The van der Waals surface area contributed by atoms with Crippen LogP contribution < -0.4 is 4.57 Å². The first-order valence-corrected chi connectivity index (χ1v) is 9.87. The molecule has 0 fully saturated rings. The maximum Gasteiger partial charge on any atom is 0.168 e. The van der Waals surface area contributed by atoms with E-state index in [1.807, 2.05) is 0 Å². The van der Waals surface area contributed by atoms with Gasteiger partial charge in [-0.3, -0.25) is 0 Å². The Morgan fingerprint density at radius 2 is 0.917 bits per heavy atom. The van der Waals surface area contributed by atoms with Gasteiger partial charge in [-0.2, -0.15) is 0 Å². The first kappa shape index (κ1) is 25.6. The summed E-state index contributed by atoms with van der Waals surface area (Å²) in [6, 6.07) is 6.31. The predicted molar refractivity (Wildman–Crippen MR) is 108 cm³/mol. The van der Waals surface area contributed by atoms with Crippen LogP contribution in [0.2, 0.25) is 0 Å². The third kappa shape index (κ3) is 16.3. The zero-order valence-electron chi connectivity index (χ0n) is 15.8. The third-order valence-corrected chi connectivity index (χ3v) is 4.55. The minimum atomic E-state index is 0. The molecule has 1 rings (SSSR count). The summed E-state index contributed by atoms with van der Waals surface area (Å²) >= 11 is 0. The summed E-state index contributed by atoms with van der Waals surface area (Å²) in [7, 11) is 0. The quantitative estimate of drug-likeness (QED) is 0.270. The largest absolute Gasteiger partial charge is 0.412 e. The van der Waals surface area contributed by atoms with Gasteiger partial charge < -0.3 is 5.48 Å². The number of aryl methyl sites for hydroxylation is 1. The normalized spacial score (nSPS) is 10.0. The maximum atomic E-state index is 2.29. The van der Waals surface area contributed by atoms with Gasteiger partial charge in [-0.1, -0.05) is 90.0 Å². The van der Waals surface area contributed by atoms with Crippen LogP contribution in [0.3, 0.4) is 0 Å². The molecule has 0 aliphatic carbocycles. The molecular weight excluding hydrogens is 318 g/mol. The highest BCUT2D eigenvalue weighted by Crippen LogP contribution is 2.12. The SMILES string of the molecule is CCCCCCCCCCCCCCCC[n+]1ccccc1.Cl.O. The van der Waals surface area contributed by atoms with Gasteiger partial charge in [0.25, 0.3) is 0 Å². The van der Waals surface area contributed by atoms with Gasteiger partial charge in [-0.15, -0.1) is 12.4 Å². The Kier molecular flexibility index (Phi) is 21.8. The molecule has 0 saturated carbocycles. The van der Waals surface area contributed by atoms with E-state index in [9.17, 15) is 0 Å². The lowest BCUT2D eigenvalue weighted by Crippen LogP contribution is -2.32. The van der Waals surface area contributed by atoms with Gasteiger partial charge in [0.15, 0.2) is 12.4 Å². The summed E-state index contributed by atoms with van der Waals surface area (Å²) in [6.45, 7) is 3.47. The lowest BCUT2D eigenvalue weighted by Gasteiger charge is -2.02. The van der Waals surface area contributed by atoms with Crippen molar-refractivity contribution < 1.29 is 10.0 Å². The Morgan fingerprint density at radius 3 is 1.33 bits per heavy atom. The van der Waals surface area contributed by atoms with Crippen molar-refractivity contribution in [3.05, 3.63) is 30.6 Å². The highest BCUT2D eigenvalue weighted by Gasteiger charge is 1.98. The van der Waals surface area contributed by atoms with Crippen molar-refractivity contribution in [3.63, 3.8) is 0 Å². The molecule has 0 spiro atoms. The van der Waals surface area contributed by atoms with Crippen molar-refractivity contribution in [1.29, 1.82) is 0 Å². The number of unbranched alkanes of at least 4 members (excludes halogenated alkanes) is 13. The number of hydrogen-bond donors (Lipinski definition) is 0. The molecule has 0 atom stereocenters. The van der Waals surface area contributed by atoms with Crippen molar-refractivity contribution in [2.45, 2.75) is 103 Å². The highest BCUT2D eigenvalue weighted by atomic mass is 35.5. The molecule has 0 amide bonds. The molecule has 0 bridgehead atoms. The van der Waals surface area contributed by atoms with Crippen LogP contribution in [0.25, 0.3) is 0 Å². The van der Waals surface area contributed by atoms with E-state index in [-0.39, 0.29) is 17.9 Å². The zero-order chi connectivity index (χ0) is 15.7. The summed E-state index contributed by atoms with van der Waals surface area (Å²) in [5, 5.41) is 0. The van der Waals surface area contributed by atoms with Crippen LogP contribution in [0, 0.1) is 0 Å². The monoisotopic (exact) mass is 358 g/mol. The molecule has 1 aromatic rings. The fourth-order valence-electron chi connectivity index (χ4n) is 3.07. The van der Waals surface area contributed by atoms with Crippen LogP contribution in [-0.4, -0.2) is 5.48 Å². The van der Waals surface area contributed by atoms with E-state index in [0.717, 1.165) is 0 Å². The smallest absolute Gasteiger partial charge is 0.168 e. The van der Waals surface area contributed by atoms with Crippen LogP contribution in [0.4, 0.5) is 0 Å². The molecule has 142 valence electrons. The molecule has 0 aliphatic rings. The second kappa shape index (κ2) is 20.4. The van der Waals surface area contributed by atoms with E-state index in [2.05, 4.69) is 42.1 Å². The molecule has 24 heavy (non-hydrogen) atoms. The van der Waals surface area contributed by atoms with E-state index in [1.165, 1.54) is 96.4 Å². The summed E-state index contributed by atoms with van der Waals surface area (Å²) in [4.78, 5) is 0. The maximum absolute atomic E-state index is 2.29. The van der Waals surface area contributed by atoms with E-state index in [4.69, 9.17) is 0 Å². The third-order valence-electron chi connectivity index (χ3n) is 4.55. The second-order valence-electron chi connectivity index (χ2n) is 6.71. The highest BCUT2D eigenvalue weighted by molar-refractivity contribution is 5.85. The Morgan fingerprint density at radius 1 is 0.542 bits per heavy atom. The average molecular weight is 359 g/mol. The molecular formula is C21H41ClNO+. The molecule has 2 nitrogen and oxygen atoms in total. The van der Waals surface area contributed by atoms with E-state index in [0.29, 0.717) is 0 Å². The van der Waals surface area contributed by atoms with Crippen molar-refractivity contribution >= 4 is 12.4 Å². The summed E-state index contributed by atoms with van der Waals surface area (Å²) < 4.78 is 2.29. The van der Waals surface area contributed by atoms with Gasteiger partial charge in [0.2, 0.25) is 0 Å². The molecule has 0 aliphatic heterocycles. The minimum Gasteiger partial charge on any atom is -0.412 e. The Bertz CT molecular complexity index is 332. The van der Waals surface area contributed by atoms with Crippen LogP contribution in [0.1, 0.15) is 96.8 Å². The second-order valence-corrected chi connectivity index (χ2v) is 6.71. The Labute approximate surface area is 156 Å². The molecule has 0 radical (unpaired) electrons. The topological polar surface area (TPSA) is 35.4 Å². The van der Waals surface area contributed by atoms with Crippen LogP contribution in [-0.2, 0) is 6.54 Å². The van der Waals surface area contributed by atoms with Crippen LogP contribution in [0.15, 0.2) is 30.6 Å². The average Bonchev–Trinajstić information content (AvgIpc) is 2.56. The van der Waals surface area contributed by atoms with Crippen molar-refractivity contribution in [1.82, 2.24) is 0 Å². The van der Waals surface area contributed by atoms with Crippen molar-refractivity contribution in [2.75, 3.05) is 0 Å². The number of nitrogens with zero attached hydrogens (tertiary/aromatic N) is 1. The summed E-state index contributed by atoms with van der Waals surface area (Å²) in [5.41, 5.74) is 0.